The van der Waals surface area contributed by atoms with E-state index in [1.165, 1.54) is 16.2 Å². The molecule has 0 radical (unpaired) electrons. The highest BCUT2D eigenvalue weighted by atomic mass is 32.1. The van der Waals surface area contributed by atoms with Crippen LogP contribution in [0.4, 0.5) is 0 Å². The van der Waals surface area contributed by atoms with Crippen molar-refractivity contribution < 1.29 is 24.2 Å². The Labute approximate surface area is 161 Å². The van der Waals surface area contributed by atoms with Gasteiger partial charge in [-0.3, -0.25) is 9.59 Å². The van der Waals surface area contributed by atoms with Gasteiger partial charge in [-0.2, -0.15) is 0 Å². The van der Waals surface area contributed by atoms with Crippen molar-refractivity contribution in [3.8, 4) is 5.75 Å². The van der Waals surface area contributed by atoms with Gasteiger partial charge >= 0.3 is 0 Å². The second-order valence-corrected chi connectivity index (χ2v) is 7.04. The van der Waals surface area contributed by atoms with E-state index in [4.69, 9.17) is 9.47 Å². The van der Waals surface area contributed by atoms with Crippen molar-refractivity contribution in [3.63, 3.8) is 0 Å². The largest absolute Gasteiger partial charge is 0.503 e. The normalized spacial score (nSPS) is 16.9. The van der Waals surface area contributed by atoms with Crippen LogP contribution >= 0.6 is 11.3 Å². The number of benzene rings is 1. The molecule has 1 amide bonds. The van der Waals surface area contributed by atoms with Gasteiger partial charge in [-0.05, 0) is 35.6 Å². The molecule has 1 aromatic heterocycles. The van der Waals surface area contributed by atoms with E-state index in [0.29, 0.717) is 35.8 Å². The molecule has 6 nitrogen and oxygen atoms in total. The van der Waals surface area contributed by atoms with E-state index in [1.807, 2.05) is 6.07 Å². The van der Waals surface area contributed by atoms with Crippen molar-refractivity contribution >= 4 is 23.0 Å². The Morgan fingerprint density at radius 2 is 2.07 bits per heavy atom. The molecule has 2 heterocycles. The summed E-state index contributed by atoms with van der Waals surface area (Å²) in [6, 6.07) is 9.98. The van der Waals surface area contributed by atoms with Crippen LogP contribution in [0, 0.1) is 0 Å². The average molecular weight is 387 g/mol. The minimum absolute atomic E-state index is 0.105. The maximum absolute atomic E-state index is 13.0. The quantitative estimate of drug-likeness (QED) is 0.555. The number of methoxy groups -OCH3 is 2. The Hall–Kier alpha value is -2.64. The molecule has 1 unspecified atom stereocenters. The molecule has 0 aliphatic carbocycles. The first-order valence-electron chi connectivity index (χ1n) is 8.53. The highest BCUT2D eigenvalue weighted by Crippen LogP contribution is 2.40. The minimum atomic E-state index is -0.668. The second-order valence-electron chi connectivity index (χ2n) is 6.09. The fraction of sp³-hybridized carbons (Fsp3) is 0.300. The molecular weight excluding hydrogens is 366 g/mol. The molecule has 27 heavy (non-hydrogen) atoms. The number of ketones is 1. The smallest absolute Gasteiger partial charge is 0.290 e. The lowest BCUT2D eigenvalue weighted by molar-refractivity contribution is -0.129. The minimum Gasteiger partial charge on any atom is -0.503 e. The van der Waals surface area contributed by atoms with Crippen molar-refractivity contribution in [2.75, 3.05) is 27.4 Å². The summed E-state index contributed by atoms with van der Waals surface area (Å²) < 4.78 is 10.4. The number of aliphatic hydroxyl groups excluding tert-OH is 1. The van der Waals surface area contributed by atoms with Gasteiger partial charge in [0.1, 0.15) is 5.75 Å². The molecule has 2 aromatic rings. The van der Waals surface area contributed by atoms with Gasteiger partial charge in [0.25, 0.3) is 5.91 Å². The number of hydrogen-bond acceptors (Lipinski definition) is 6. The summed E-state index contributed by atoms with van der Waals surface area (Å²) in [6.07, 6.45) is 0.594. The third-order valence-electron chi connectivity index (χ3n) is 4.45. The van der Waals surface area contributed by atoms with Crippen LogP contribution in [0.3, 0.4) is 0 Å². The van der Waals surface area contributed by atoms with Crippen molar-refractivity contribution in [2.45, 2.75) is 12.5 Å². The van der Waals surface area contributed by atoms with Crippen LogP contribution in [-0.4, -0.2) is 49.1 Å². The summed E-state index contributed by atoms with van der Waals surface area (Å²) in [5.74, 6) is -0.749. The molecule has 7 heteroatoms. The predicted octanol–water partition coefficient (Wildman–Crippen LogP) is 3.37. The first-order chi connectivity index (χ1) is 13.1. The van der Waals surface area contributed by atoms with Gasteiger partial charge in [-0.1, -0.05) is 18.2 Å². The maximum atomic E-state index is 13.0. The van der Waals surface area contributed by atoms with Gasteiger partial charge < -0.3 is 19.5 Å². The van der Waals surface area contributed by atoms with Crippen LogP contribution in [-0.2, 0) is 9.53 Å². The summed E-state index contributed by atoms with van der Waals surface area (Å²) in [5.41, 5.74) is 0.817. The van der Waals surface area contributed by atoms with Gasteiger partial charge in [0.2, 0.25) is 5.78 Å². The molecule has 0 saturated heterocycles. The Bertz CT molecular complexity index is 859. The Kier molecular flexibility index (Phi) is 5.93. The van der Waals surface area contributed by atoms with E-state index in [0.717, 1.165) is 0 Å². The molecule has 0 saturated carbocycles. The van der Waals surface area contributed by atoms with E-state index in [-0.39, 0.29) is 11.4 Å². The predicted molar refractivity (Wildman–Crippen MR) is 102 cm³/mol. The standard InChI is InChI=1S/C20H21NO5S/c1-25-10-5-9-21-17(13-6-3-7-14(12-13)26-2)16(19(23)20(21)24)18(22)15-8-4-11-27-15/h3-4,6-8,11-12,17,23H,5,9-10H2,1-2H3. The first-order valence-corrected chi connectivity index (χ1v) is 9.41. The Balaban J connectivity index is 2.04. The van der Waals surface area contributed by atoms with E-state index in [1.54, 1.807) is 49.9 Å². The van der Waals surface area contributed by atoms with E-state index in [9.17, 15) is 14.7 Å². The van der Waals surface area contributed by atoms with E-state index in [2.05, 4.69) is 0 Å². The number of carbonyl (C=O) groups excluding carboxylic acids is 2. The Morgan fingerprint density at radius 1 is 1.26 bits per heavy atom. The first kappa shape index (κ1) is 19.1. The van der Waals surface area contributed by atoms with Crippen molar-refractivity contribution in [3.05, 3.63) is 63.6 Å². The lowest BCUT2D eigenvalue weighted by Gasteiger charge is -2.27. The van der Waals surface area contributed by atoms with Crippen molar-refractivity contribution in [2.24, 2.45) is 0 Å². The number of rotatable bonds is 8. The van der Waals surface area contributed by atoms with Gasteiger partial charge in [-0.25, -0.2) is 0 Å². The summed E-state index contributed by atoms with van der Waals surface area (Å²) in [4.78, 5) is 27.8. The third kappa shape index (κ3) is 3.74. The molecule has 1 aromatic carbocycles. The van der Waals surface area contributed by atoms with E-state index < -0.39 is 17.7 Å². The number of ether oxygens (including phenoxy) is 2. The molecular formula is C20H21NO5S. The molecule has 1 aliphatic rings. The molecule has 3 rings (SSSR count). The highest BCUT2D eigenvalue weighted by molar-refractivity contribution is 7.12. The summed E-state index contributed by atoms with van der Waals surface area (Å²) in [6.45, 7) is 0.837. The van der Waals surface area contributed by atoms with Crippen LogP contribution in [0.2, 0.25) is 0 Å². The number of hydrogen-bond donors (Lipinski definition) is 1. The van der Waals surface area contributed by atoms with Gasteiger partial charge in [0, 0.05) is 20.3 Å². The van der Waals surface area contributed by atoms with Gasteiger partial charge in [0.15, 0.2) is 5.76 Å². The number of nitrogens with zero attached hydrogens (tertiary/aromatic N) is 1. The monoisotopic (exact) mass is 387 g/mol. The Morgan fingerprint density at radius 3 is 2.74 bits per heavy atom. The zero-order valence-corrected chi connectivity index (χ0v) is 16.0. The highest BCUT2D eigenvalue weighted by Gasteiger charge is 2.43. The van der Waals surface area contributed by atoms with Crippen molar-refractivity contribution in [1.29, 1.82) is 0 Å². The maximum Gasteiger partial charge on any atom is 0.290 e. The van der Waals surface area contributed by atoms with E-state index >= 15 is 0 Å². The van der Waals surface area contributed by atoms with Crippen LogP contribution in [0.1, 0.15) is 27.7 Å². The average Bonchev–Trinajstić information content (AvgIpc) is 3.30. The molecule has 0 spiro atoms. The lowest BCUT2D eigenvalue weighted by Crippen LogP contribution is -2.32. The van der Waals surface area contributed by atoms with Gasteiger partial charge in [-0.15, -0.1) is 11.3 Å². The molecule has 142 valence electrons. The summed E-state index contributed by atoms with van der Waals surface area (Å²) in [7, 11) is 3.15. The third-order valence-corrected chi connectivity index (χ3v) is 5.32. The van der Waals surface area contributed by atoms with Gasteiger partial charge in [0.05, 0.1) is 23.6 Å². The molecule has 1 aliphatic heterocycles. The van der Waals surface area contributed by atoms with Crippen LogP contribution in [0.15, 0.2) is 53.1 Å². The molecule has 1 atom stereocenters. The zero-order valence-electron chi connectivity index (χ0n) is 15.2. The van der Waals surface area contributed by atoms with Crippen LogP contribution in [0.25, 0.3) is 0 Å². The molecule has 0 bridgehead atoms. The number of carbonyl (C=O) groups is 2. The van der Waals surface area contributed by atoms with Crippen LogP contribution in [0.5, 0.6) is 5.75 Å². The second kappa shape index (κ2) is 8.37. The molecule has 1 N–H and O–H groups in total. The number of Topliss-reactive ketones (excluding diaryl/α,β-unsaturated/α-hetero) is 1. The number of thiophene rings is 1. The zero-order chi connectivity index (χ0) is 19.4. The van der Waals surface area contributed by atoms with Crippen molar-refractivity contribution in [1.82, 2.24) is 4.90 Å². The topological polar surface area (TPSA) is 76.1 Å². The summed E-state index contributed by atoms with van der Waals surface area (Å²) in [5, 5.41) is 12.3. The van der Waals surface area contributed by atoms with Crippen LogP contribution < -0.4 is 4.74 Å². The fourth-order valence-electron chi connectivity index (χ4n) is 3.19. The number of aliphatic hydroxyl groups is 1. The number of amides is 1. The molecule has 0 fully saturated rings. The summed E-state index contributed by atoms with van der Waals surface area (Å²) >= 11 is 1.28. The lowest BCUT2D eigenvalue weighted by atomic mass is 9.95. The SMILES string of the molecule is COCCCN1C(=O)C(O)=C(C(=O)c2cccs2)C1c1cccc(OC)c1. The fourth-order valence-corrected chi connectivity index (χ4v) is 3.87.